The molecule has 2 aromatic heterocycles. The molecule has 0 bridgehead atoms. The molecule has 0 saturated carbocycles. The van der Waals surface area contributed by atoms with Crippen molar-refractivity contribution in [1.29, 1.82) is 0 Å². The molecule has 0 unspecified atom stereocenters. The zero-order valence-corrected chi connectivity index (χ0v) is 16.6. The average Bonchev–Trinajstić information content (AvgIpc) is 3.15. The Morgan fingerprint density at radius 2 is 1.96 bits per heavy atom. The topological polar surface area (TPSA) is 50.5 Å². The number of fused-ring (bicyclic) bond motifs is 1. The molecule has 0 N–H and O–H groups in total. The van der Waals surface area contributed by atoms with Crippen LogP contribution in [-0.4, -0.2) is 32.5 Å². The van der Waals surface area contributed by atoms with E-state index in [0.717, 1.165) is 15.7 Å². The molecule has 2 aromatic carbocycles. The molecule has 0 atom stereocenters. The van der Waals surface area contributed by atoms with Gasteiger partial charge in [-0.3, -0.25) is 4.79 Å². The molecule has 5 nitrogen and oxygen atoms in total. The van der Waals surface area contributed by atoms with E-state index < -0.39 is 0 Å². The largest absolute Gasteiger partial charge is 0.337 e. The molecule has 28 heavy (non-hydrogen) atoms. The summed E-state index contributed by atoms with van der Waals surface area (Å²) in [5.74, 6) is -0.626. The minimum atomic E-state index is -0.354. The number of aromatic nitrogens is 3. The first kappa shape index (κ1) is 18.3. The second-order valence-corrected chi connectivity index (χ2v) is 7.30. The zero-order chi connectivity index (χ0) is 19.7. The average molecular weight is 439 g/mol. The van der Waals surface area contributed by atoms with Crippen molar-refractivity contribution < 1.29 is 9.18 Å². The van der Waals surface area contributed by atoms with Crippen LogP contribution in [-0.2, 0) is 6.54 Å². The van der Waals surface area contributed by atoms with Crippen LogP contribution in [0.1, 0.15) is 15.9 Å². The highest BCUT2D eigenvalue weighted by Crippen LogP contribution is 2.22. The van der Waals surface area contributed by atoms with Crippen molar-refractivity contribution in [2.75, 3.05) is 7.05 Å². The van der Waals surface area contributed by atoms with Crippen molar-refractivity contribution in [3.05, 3.63) is 88.4 Å². The highest BCUT2D eigenvalue weighted by atomic mass is 79.9. The predicted molar refractivity (Wildman–Crippen MR) is 108 cm³/mol. The van der Waals surface area contributed by atoms with Gasteiger partial charge in [-0.15, -0.1) is 0 Å². The smallest absolute Gasteiger partial charge is 0.259 e. The van der Waals surface area contributed by atoms with Gasteiger partial charge in [0.15, 0.2) is 5.65 Å². The number of halogens is 2. The maximum absolute atomic E-state index is 14.0. The van der Waals surface area contributed by atoms with Crippen LogP contribution in [0.3, 0.4) is 0 Å². The van der Waals surface area contributed by atoms with Gasteiger partial charge in [0, 0.05) is 35.4 Å². The first-order valence-electron chi connectivity index (χ1n) is 8.62. The molecule has 4 aromatic rings. The lowest BCUT2D eigenvalue weighted by Gasteiger charge is -2.17. The molecule has 2 heterocycles. The molecule has 0 spiro atoms. The van der Waals surface area contributed by atoms with Crippen molar-refractivity contribution in [2.45, 2.75) is 6.54 Å². The van der Waals surface area contributed by atoms with Crippen LogP contribution in [0, 0.1) is 5.82 Å². The molecule has 1 amide bonds. The van der Waals surface area contributed by atoms with Crippen molar-refractivity contribution in [3.63, 3.8) is 0 Å². The van der Waals surface area contributed by atoms with Crippen LogP contribution in [0.15, 0.2) is 71.5 Å². The fraction of sp³-hybridized carbons (Fsp3) is 0.0952. The predicted octanol–water partition coefficient (Wildman–Crippen LogP) is 4.57. The van der Waals surface area contributed by atoms with Crippen LogP contribution < -0.4 is 0 Å². The summed E-state index contributed by atoms with van der Waals surface area (Å²) in [7, 11) is 1.63. The number of benzene rings is 2. The summed E-state index contributed by atoms with van der Waals surface area (Å²) >= 11 is 3.33. The van der Waals surface area contributed by atoms with E-state index in [4.69, 9.17) is 0 Å². The normalized spacial score (nSPS) is 11.0. The van der Waals surface area contributed by atoms with Gasteiger partial charge in [0.25, 0.3) is 5.91 Å². The Morgan fingerprint density at radius 1 is 1.18 bits per heavy atom. The van der Waals surface area contributed by atoms with Gasteiger partial charge in [-0.1, -0.05) is 46.3 Å². The van der Waals surface area contributed by atoms with E-state index in [1.807, 2.05) is 36.4 Å². The molecule has 0 aliphatic heterocycles. The Labute approximate surface area is 169 Å². The minimum absolute atomic E-state index is 0.139. The number of carbonyl (C=O) groups excluding carboxylic acids is 1. The SMILES string of the molecule is CN(Cc1cc(Br)ccc1F)C(=O)c1cnn2c(-c3ccccc3)ccnc12. The van der Waals surface area contributed by atoms with E-state index in [1.54, 1.807) is 29.9 Å². The van der Waals surface area contributed by atoms with E-state index in [1.165, 1.54) is 17.2 Å². The van der Waals surface area contributed by atoms with Crippen LogP contribution in [0.4, 0.5) is 4.39 Å². The third-order valence-electron chi connectivity index (χ3n) is 4.46. The van der Waals surface area contributed by atoms with E-state index in [2.05, 4.69) is 26.0 Å². The Bertz CT molecular complexity index is 1160. The third-order valence-corrected chi connectivity index (χ3v) is 4.96. The molecule has 4 rings (SSSR count). The van der Waals surface area contributed by atoms with Gasteiger partial charge in [-0.25, -0.2) is 13.9 Å². The van der Waals surface area contributed by atoms with Crippen molar-refractivity contribution in [1.82, 2.24) is 19.5 Å². The molecule has 0 saturated heterocycles. The Hall–Kier alpha value is -3.06. The van der Waals surface area contributed by atoms with Gasteiger partial charge >= 0.3 is 0 Å². The first-order chi connectivity index (χ1) is 13.5. The number of carbonyl (C=O) groups is 1. The van der Waals surface area contributed by atoms with Crippen molar-refractivity contribution >= 4 is 27.5 Å². The lowest BCUT2D eigenvalue weighted by Crippen LogP contribution is -2.26. The molecule has 0 aliphatic carbocycles. The standard InChI is InChI=1S/C21H16BrFN4O/c1-26(13-15-11-16(22)7-8-18(15)23)21(28)17-12-25-27-19(9-10-24-20(17)27)14-5-3-2-4-6-14/h2-12H,13H2,1H3. The molecule has 0 aliphatic rings. The summed E-state index contributed by atoms with van der Waals surface area (Å²) in [6.07, 6.45) is 3.16. The molecular weight excluding hydrogens is 423 g/mol. The second kappa shape index (κ2) is 7.52. The van der Waals surface area contributed by atoms with E-state index in [9.17, 15) is 9.18 Å². The van der Waals surface area contributed by atoms with Gasteiger partial charge in [0.1, 0.15) is 11.4 Å². The summed E-state index contributed by atoms with van der Waals surface area (Å²) in [5, 5.41) is 4.36. The van der Waals surface area contributed by atoms with Crippen LogP contribution >= 0.6 is 15.9 Å². The fourth-order valence-corrected chi connectivity index (χ4v) is 3.48. The lowest BCUT2D eigenvalue weighted by molar-refractivity contribution is 0.0785. The Kier molecular flexibility index (Phi) is 4.92. The number of hydrogen-bond donors (Lipinski definition) is 0. The summed E-state index contributed by atoms with van der Waals surface area (Å²) in [6.45, 7) is 0.139. The van der Waals surface area contributed by atoms with Crippen LogP contribution in [0.5, 0.6) is 0 Å². The van der Waals surface area contributed by atoms with Crippen molar-refractivity contribution in [2.24, 2.45) is 0 Å². The number of nitrogens with zero attached hydrogens (tertiary/aromatic N) is 4. The molecule has 0 radical (unpaired) electrons. The highest BCUT2D eigenvalue weighted by molar-refractivity contribution is 9.10. The van der Waals surface area contributed by atoms with Gasteiger partial charge in [0.05, 0.1) is 11.9 Å². The zero-order valence-electron chi connectivity index (χ0n) is 15.0. The summed E-state index contributed by atoms with van der Waals surface area (Å²) < 4.78 is 16.4. The van der Waals surface area contributed by atoms with Crippen molar-refractivity contribution in [3.8, 4) is 11.3 Å². The monoisotopic (exact) mass is 438 g/mol. The maximum atomic E-state index is 14.0. The van der Waals surface area contributed by atoms with Gasteiger partial charge in [-0.2, -0.15) is 5.10 Å². The summed E-state index contributed by atoms with van der Waals surface area (Å²) in [4.78, 5) is 18.8. The number of rotatable bonds is 4. The van der Waals surface area contributed by atoms with E-state index >= 15 is 0 Å². The number of amides is 1. The Balaban J connectivity index is 1.67. The highest BCUT2D eigenvalue weighted by Gasteiger charge is 2.20. The molecular formula is C21H16BrFN4O. The lowest BCUT2D eigenvalue weighted by atomic mass is 10.1. The Morgan fingerprint density at radius 3 is 2.75 bits per heavy atom. The minimum Gasteiger partial charge on any atom is -0.337 e. The van der Waals surface area contributed by atoms with Gasteiger partial charge in [-0.05, 0) is 24.3 Å². The third kappa shape index (κ3) is 3.41. The first-order valence-corrected chi connectivity index (χ1v) is 9.41. The van der Waals surface area contributed by atoms with Gasteiger partial charge < -0.3 is 4.90 Å². The molecule has 140 valence electrons. The fourth-order valence-electron chi connectivity index (χ4n) is 3.07. The van der Waals surface area contributed by atoms with Gasteiger partial charge in [0.2, 0.25) is 0 Å². The van der Waals surface area contributed by atoms with E-state index in [0.29, 0.717) is 16.8 Å². The van der Waals surface area contributed by atoms with Crippen LogP contribution in [0.2, 0.25) is 0 Å². The number of hydrogen-bond acceptors (Lipinski definition) is 3. The molecule has 7 heteroatoms. The second-order valence-electron chi connectivity index (χ2n) is 6.39. The maximum Gasteiger partial charge on any atom is 0.259 e. The quantitative estimate of drug-likeness (QED) is 0.468. The summed E-state index contributed by atoms with van der Waals surface area (Å²) in [5.41, 5.74) is 3.08. The molecule has 0 fully saturated rings. The summed E-state index contributed by atoms with van der Waals surface area (Å²) in [6, 6.07) is 16.3. The van der Waals surface area contributed by atoms with E-state index in [-0.39, 0.29) is 18.3 Å². The van der Waals surface area contributed by atoms with Crippen LogP contribution in [0.25, 0.3) is 16.9 Å².